The van der Waals surface area contributed by atoms with Crippen LogP contribution in [0.25, 0.3) is 0 Å². The first-order valence-electron chi connectivity index (χ1n) is 2.70. The van der Waals surface area contributed by atoms with Crippen LogP contribution in [0, 0.1) is 0 Å². The molecule has 1 N–H and O–H groups in total. The summed E-state index contributed by atoms with van der Waals surface area (Å²) in [7, 11) is 4.19. The third-order valence-corrected chi connectivity index (χ3v) is 1.42. The zero-order chi connectivity index (χ0) is 5.28. The van der Waals surface area contributed by atoms with Gasteiger partial charge in [-0.15, -0.1) is 0 Å². The molecule has 1 fully saturated rings. The number of nitrogens with one attached hydrogen (secondary N) is 1. The fraction of sp³-hybridized carbons (Fsp3) is 1.00. The Kier molecular flexibility index (Phi) is 1.30. The topological polar surface area (TPSA) is 15.3 Å². The molecule has 1 aliphatic heterocycles. The summed E-state index contributed by atoms with van der Waals surface area (Å²) in [6.45, 7) is 1.20. The highest BCUT2D eigenvalue weighted by Crippen LogP contribution is 2.02. The zero-order valence-corrected chi connectivity index (χ0v) is 4.94. The lowest BCUT2D eigenvalue weighted by Crippen LogP contribution is -2.51. The average molecular weight is 100 g/mol. The molecule has 1 saturated heterocycles. The minimum atomic E-state index is 0.667. The van der Waals surface area contributed by atoms with Crippen LogP contribution in [-0.4, -0.2) is 31.7 Å². The van der Waals surface area contributed by atoms with Gasteiger partial charge in [-0.05, 0) is 27.1 Å². The summed E-state index contributed by atoms with van der Waals surface area (Å²) in [6.07, 6.45) is 1.98. The van der Waals surface area contributed by atoms with Crippen molar-refractivity contribution in [3.8, 4) is 0 Å². The van der Waals surface area contributed by atoms with Gasteiger partial charge in [-0.2, -0.15) is 0 Å². The van der Waals surface area contributed by atoms with E-state index in [1.807, 2.05) is 0 Å². The zero-order valence-electron chi connectivity index (χ0n) is 4.94. The Morgan fingerprint density at radius 3 is 2.14 bits per heavy atom. The van der Waals surface area contributed by atoms with Crippen LogP contribution in [0.15, 0.2) is 0 Å². The number of rotatable bonds is 1. The molecule has 0 aromatic rings. The van der Waals surface area contributed by atoms with Gasteiger partial charge >= 0.3 is 0 Å². The lowest BCUT2D eigenvalue weighted by molar-refractivity contribution is 0.170. The fourth-order valence-corrected chi connectivity index (χ4v) is 0.714. The van der Waals surface area contributed by atoms with Crippen molar-refractivity contribution < 1.29 is 0 Å². The van der Waals surface area contributed by atoms with Gasteiger partial charge in [0.2, 0.25) is 0 Å². The largest absolute Gasteiger partial charge is 0.302 e. The second-order valence-corrected chi connectivity index (χ2v) is 2.22. The molecule has 0 saturated carbocycles. The van der Waals surface area contributed by atoms with E-state index in [4.69, 9.17) is 0 Å². The minimum Gasteiger partial charge on any atom is -0.302 e. The summed E-state index contributed by atoms with van der Waals surface area (Å²) in [6, 6.07) is 0. The lowest BCUT2D eigenvalue weighted by Gasteiger charge is -2.33. The predicted molar refractivity (Wildman–Crippen MR) is 30.1 cm³/mol. The highest BCUT2D eigenvalue weighted by molar-refractivity contribution is 4.73. The molecule has 0 amide bonds. The second-order valence-electron chi connectivity index (χ2n) is 2.22. The first-order valence-corrected chi connectivity index (χ1v) is 2.70. The van der Waals surface area contributed by atoms with E-state index < -0.39 is 0 Å². The van der Waals surface area contributed by atoms with Gasteiger partial charge in [-0.25, -0.2) is 0 Å². The molecule has 1 aliphatic rings. The van der Waals surface area contributed by atoms with Crippen molar-refractivity contribution in [2.45, 2.75) is 12.6 Å². The monoisotopic (exact) mass is 100 g/mol. The quantitative estimate of drug-likeness (QED) is 0.493. The smallest absolute Gasteiger partial charge is 0.0604 e. The van der Waals surface area contributed by atoms with Crippen molar-refractivity contribution in [2.24, 2.45) is 0 Å². The van der Waals surface area contributed by atoms with Gasteiger partial charge in [-0.1, -0.05) is 0 Å². The first-order chi connectivity index (χ1) is 3.30. The van der Waals surface area contributed by atoms with Crippen LogP contribution in [0.3, 0.4) is 0 Å². The second kappa shape index (κ2) is 1.80. The Hall–Kier alpha value is -0.0800. The Morgan fingerprint density at radius 1 is 1.57 bits per heavy atom. The molecule has 0 bridgehead atoms. The SMILES string of the molecule is CN(C)[C@@H]1CCN1. The van der Waals surface area contributed by atoms with Crippen LogP contribution in [-0.2, 0) is 0 Å². The van der Waals surface area contributed by atoms with Gasteiger partial charge in [0.05, 0.1) is 6.17 Å². The van der Waals surface area contributed by atoms with Crippen molar-refractivity contribution in [2.75, 3.05) is 20.6 Å². The Bertz CT molecular complexity index is 57.1. The van der Waals surface area contributed by atoms with Gasteiger partial charge in [0.15, 0.2) is 0 Å². The molecule has 1 heterocycles. The predicted octanol–water partition coefficient (Wildman–Crippen LogP) is -0.133. The Morgan fingerprint density at radius 2 is 2.14 bits per heavy atom. The number of nitrogens with zero attached hydrogens (tertiary/aromatic N) is 1. The first kappa shape index (κ1) is 5.06. The summed E-state index contributed by atoms with van der Waals surface area (Å²) in [4.78, 5) is 2.20. The molecule has 42 valence electrons. The van der Waals surface area contributed by atoms with Crippen molar-refractivity contribution in [1.82, 2.24) is 10.2 Å². The van der Waals surface area contributed by atoms with Gasteiger partial charge in [0.25, 0.3) is 0 Å². The van der Waals surface area contributed by atoms with E-state index in [0.717, 1.165) is 0 Å². The summed E-state index contributed by atoms with van der Waals surface area (Å²) in [5.74, 6) is 0. The molecular weight excluding hydrogens is 88.1 g/mol. The summed E-state index contributed by atoms with van der Waals surface area (Å²) in [5, 5.41) is 3.27. The van der Waals surface area contributed by atoms with Crippen molar-refractivity contribution in [3.05, 3.63) is 0 Å². The average Bonchev–Trinajstić information content (AvgIpc) is 1.23. The molecule has 0 unspecified atom stereocenters. The van der Waals surface area contributed by atoms with E-state index in [9.17, 15) is 0 Å². The molecule has 1 rings (SSSR count). The van der Waals surface area contributed by atoms with Gasteiger partial charge in [0, 0.05) is 0 Å². The molecule has 2 heteroatoms. The van der Waals surface area contributed by atoms with E-state index in [-0.39, 0.29) is 0 Å². The van der Waals surface area contributed by atoms with Crippen LogP contribution in [0.2, 0.25) is 0 Å². The van der Waals surface area contributed by atoms with Crippen molar-refractivity contribution in [1.29, 1.82) is 0 Å². The van der Waals surface area contributed by atoms with E-state index in [1.54, 1.807) is 0 Å². The molecule has 0 aromatic heterocycles. The van der Waals surface area contributed by atoms with E-state index >= 15 is 0 Å². The van der Waals surface area contributed by atoms with Crippen LogP contribution in [0.4, 0.5) is 0 Å². The Labute approximate surface area is 44.5 Å². The molecule has 7 heavy (non-hydrogen) atoms. The maximum absolute atomic E-state index is 3.27. The van der Waals surface area contributed by atoms with Crippen LogP contribution < -0.4 is 5.32 Å². The van der Waals surface area contributed by atoms with E-state index in [0.29, 0.717) is 6.17 Å². The molecule has 0 aliphatic carbocycles. The summed E-state index contributed by atoms with van der Waals surface area (Å²) >= 11 is 0. The summed E-state index contributed by atoms with van der Waals surface area (Å²) in [5.41, 5.74) is 0. The number of hydrogen-bond donors (Lipinski definition) is 1. The maximum atomic E-state index is 3.27. The number of hydrogen-bond acceptors (Lipinski definition) is 2. The third-order valence-electron chi connectivity index (χ3n) is 1.42. The lowest BCUT2D eigenvalue weighted by atomic mass is 10.2. The molecule has 0 radical (unpaired) electrons. The fourth-order valence-electron chi connectivity index (χ4n) is 0.714. The Balaban J connectivity index is 2.14. The van der Waals surface area contributed by atoms with E-state index in [2.05, 4.69) is 24.3 Å². The highest BCUT2D eigenvalue weighted by Gasteiger charge is 2.16. The molecule has 0 aromatic carbocycles. The van der Waals surface area contributed by atoms with Gasteiger partial charge in [0.1, 0.15) is 0 Å². The normalized spacial score (nSPS) is 30.4. The van der Waals surface area contributed by atoms with E-state index in [1.165, 1.54) is 13.0 Å². The maximum Gasteiger partial charge on any atom is 0.0604 e. The molecule has 0 spiro atoms. The standard InChI is InChI=1S/C5H12N2/c1-7(2)5-3-4-6-5/h5-6H,3-4H2,1-2H3/t5-/m1/s1. The van der Waals surface area contributed by atoms with Crippen LogP contribution in [0.1, 0.15) is 6.42 Å². The van der Waals surface area contributed by atoms with Crippen LogP contribution >= 0.6 is 0 Å². The third kappa shape index (κ3) is 0.924. The molecule has 1 atom stereocenters. The van der Waals surface area contributed by atoms with Crippen LogP contribution in [0.5, 0.6) is 0 Å². The molecule has 2 nitrogen and oxygen atoms in total. The van der Waals surface area contributed by atoms with Crippen molar-refractivity contribution in [3.63, 3.8) is 0 Å². The summed E-state index contributed by atoms with van der Waals surface area (Å²) < 4.78 is 0. The highest BCUT2D eigenvalue weighted by atomic mass is 15.3. The van der Waals surface area contributed by atoms with Gasteiger partial charge in [-0.3, -0.25) is 4.90 Å². The van der Waals surface area contributed by atoms with Crippen molar-refractivity contribution >= 4 is 0 Å². The van der Waals surface area contributed by atoms with Gasteiger partial charge < -0.3 is 5.32 Å². The minimum absolute atomic E-state index is 0.667. The molecular formula is C5H12N2.